The summed E-state index contributed by atoms with van der Waals surface area (Å²) in [5.41, 5.74) is -1.11. The number of benzene rings is 4. The highest BCUT2D eigenvalue weighted by Crippen LogP contribution is 2.44. The van der Waals surface area contributed by atoms with E-state index < -0.39 is 48.2 Å². The van der Waals surface area contributed by atoms with Gasteiger partial charge in [0.15, 0.2) is 6.10 Å². The second kappa shape index (κ2) is 13.4. The Morgan fingerprint density at radius 2 is 1.42 bits per heavy atom. The fraction of sp³-hybridized carbons (Fsp3) is 0.243. The van der Waals surface area contributed by atoms with Crippen LogP contribution in [0.25, 0.3) is 11.1 Å². The van der Waals surface area contributed by atoms with Gasteiger partial charge in [0.2, 0.25) is 0 Å². The number of methoxy groups -OCH3 is 2. The van der Waals surface area contributed by atoms with Crippen molar-refractivity contribution in [3.8, 4) is 22.6 Å². The standard InChI is InChI=1S/C37H32F6N4O3/c1-35(30-19-23(9-18-31(30)38)24-21-44-47(22-24)33(39)40)20-32(37(41,42)43)50-34(45-35)46-36(25-7-5-4-6-8-25,26-10-14-28(48-2)15-11-26)27-12-16-29(49-3)17-13-27/h4-19,21-22,32-33H,20H2,1-3H3,(H,45,46)/t32-,35-/m0/s1. The highest BCUT2D eigenvalue weighted by molar-refractivity contribution is 5.79. The number of rotatable bonds is 9. The van der Waals surface area contributed by atoms with Crippen LogP contribution in [0, 0.1) is 5.82 Å². The second-order valence-corrected chi connectivity index (χ2v) is 11.9. The molecule has 2 heterocycles. The maximum absolute atomic E-state index is 15.7. The van der Waals surface area contributed by atoms with E-state index in [1.54, 1.807) is 60.7 Å². The monoisotopic (exact) mass is 694 g/mol. The molecule has 13 heteroatoms. The minimum absolute atomic E-state index is 0.184. The molecule has 0 radical (unpaired) electrons. The first-order valence-electron chi connectivity index (χ1n) is 15.4. The maximum atomic E-state index is 15.7. The second-order valence-electron chi connectivity index (χ2n) is 11.9. The van der Waals surface area contributed by atoms with Gasteiger partial charge in [0, 0.05) is 23.7 Å². The van der Waals surface area contributed by atoms with Crippen LogP contribution in [0.1, 0.15) is 42.1 Å². The Labute approximate surface area is 284 Å². The first kappa shape index (κ1) is 34.4. The van der Waals surface area contributed by atoms with Crippen LogP contribution in [-0.4, -0.2) is 42.3 Å². The smallest absolute Gasteiger partial charge is 0.425 e. The Hall–Kier alpha value is -5.46. The molecule has 0 spiro atoms. The van der Waals surface area contributed by atoms with Gasteiger partial charge in [-0.25, -0.2) is 14.1 Å². The van der Waals surface area contributed by atoms with Crippen molar-refractivity contribution in [2.75, 3.05) is 14.2 Å². The molecule has 1 aliphatic rings. The van der Waals surface area contributed by atoms with Crippen molar-refractivity contribution in [2.24, 2.45) is 4.99 Å². The molecule has 1 aliphatic heterocycles. The molecule has 6 rings (SSSR count). The van der Waals surface area contributed by atoms with E-state index in [2.05, 4.69) is 15.4 Å². The highest BCUT2D eigenvalue weighted by atomic mass is 19.4. The van der Waals surface area contributed by atoms with E-state index in [1.807, 2.05) is 18.2 Å². The summed E-state index contributed by atoms with van der Waals surface area (Å²) in [4.78, 5) is 4.66. The van der Waals surface area contributed by atoms with Crippen molar-refractivity contribution >= 4 is 6.02 Å². The lowest BCUT2D eigenvalue weighted by Gasteiger charge is -2.42. The van der Waals surface area contributed by atoms with Crippen molar-refractivity contribution in [1.29, 1.82) is 0 Å². The fourth-order valence-corrected chi connectivity index (χ4v) is 6.20. The molecular weight excluding hydrogens is 662 g/mol. The summed E-state index contributed by atoms with van der Waals surface area (Å²) in [6.07, 6.45) is -5.78. The van der Waals surface area contributed by atoms with E-state index in [-0.39, 0.29) is 16.7 Å². The molecule has 260 valence electrons. The van der Waals surface area contributed by atoms with E-state index >= 15 is 4.39 Å². The molecule has 1 aromatic heterocycles. The summed E-state index contributed by atoms with van der Waals surface area (Å²) in [5.74, 6) is 0.273. The van der Waals surface area contributed by atoms with Gasteiger partial charge in [-0.2, -0.15) is 27.1 Å². The lowest BCUT2D eigenvalue weighted by Crippen LogP contribution is -2.54. The molecule has 50 heavy (non-hydrogen) atoms. The van der Waals surface area contributed by atoms with Crippen molar-refractivity contribution in [3.63, 3.8) is 0 Å². The minimum atomic E-state index is -4.87. The van der Waals surface area contributed by atoms with Gasteiger partial charge in [-0.1, -0.05) is 60.7 Å². The molecule has 7 nitrogen and oxygen atoms in total. The van der Waals surface area contributed by atoms with Gasteiger partial charge in [-0.05, 0) is 65.6 Å². The van der Waals surface area contributed by atoms with Crippen LogP contribution < -0.4 is 14.8 Å². The van der Waals surface area contributed by atoms with Crippen LogP contribution in [-0.2, 0) is 15.8 Å². The molecule has 2 atom stereocenters. The quantitative estimate of drug-likeness (QED) is 0.124. The third-order valence-corrected chi connectivity index (χ3v) is 8.78. The number of halogens is 6. The van der Waals surface area contributed by atoms with Gasteiger partial charge in [-0.3, -0.25) is 0 Å². The number of ether oxygens (including phenoxy) is 3. The number of hydrogen-bond acceptors (Lipinski definition) is 6. The molecule has 0 saturated heterocycles. The molecule has 5 aromatic rings. The van der Waals surface area contributed by atoms with Gasteiger partial charge in [0.25, 0.3) is 6.02 Å². The van der Waals surface area contributed by atoms with Crippen LogP contribution in [0.5, 0.6) is 11.5 Å². The van der Waals surface area contributed by atoms with Crippen molar-refractivity contribution in [1.82, 2.24) is 15.1 Å². The summed E-state index contributed by atoms with van der Waals surface area (Å²) < 4.78 is 103. The number of aliphatic imine (C=N–C) groups is 1. The van der Waals surface area contributed by atoms with E-state index in [9.17, 15) is 22.0 Å². The topological polar surface area (TPSA) is 69.9 Å². The molecule has 1 N–H and O–H groups in total. The van der Waals surface area contributed by atoms with Gasteiger partial charge < -0.3 is 19.5 Å². The average Bonchev–Trinajstić information content (AvgIpc) is 3.62. The number of nitrogens with zero attached hydrogens (tertiary/aromatic N) is 3. The zero-order chi connectivity index (χ0) is 35.7. The number of alkyl halides is 5. The Morgan fingerprint density at radius 3 is 1.94 bits per heavy atom. The third kappa shape index (κ3) is 6.59. The minimum Gasteiger partial charge on any atom is -0.497 e. The van der Waals surface area contributed by atoms with Crippen molar-refractivity contribution < 1.29 is 40.6 Å². The first-order chi connectivity index (χ1) is 23.9. The lowest BCUT2D eigenvalue weighted by atomic mass is 9.77. The SMILES string of the molecule is COc1ccc(C(NC2=N[C@](C)(c3cc(-c4cnn(C(F)F)c4)ccc3F)C[C@@H](C(F)(F)F)O2)(c2ccccc2)c2ccc(OC)cc2)cc1. The van der Waals surface area contributed by atoms with Crippen LogP contribution in [0.2, 0.25) is 0 Å². The molecule has 0 fully saturated rings. The Morgan fingerprint density at radius 1 is 0.840 bits per heavy atom. The van der Waals surface area contributed by atoms with Gasteiger partial charge in [0.05, 0.1) is 26.0 Å². The van der Waals surface area contributed by atoms with Crippen LogP contribution in [0.4, 0.5) is 26.3 Å². The van der Waals surface area contributed by atoms with Crippen LogP contribution in [0.3, 0.4) is 0 Å². The lowest BCUT2D eigenvalue weighted by molar-refractivity contribution is -0.209. The maximum Gasteiger partial charge on any atom is 0.425 e. The predicted molar refractivity (Wildman–Crippen MR) is 175 cm³/mol. The van der Waals surface area contributed by atoms with Gasteiger partial charge >= 0.3 is 12.7 Å². The molecular formula is C37H32F6N4O3. The molecule has 0 saturated carbocycles. The first-order valence-corrected chi connectivity index (χ1v) is 15.4. The summed E-state index contributed by atoms with van der Waals surface area (Å²) in [6, 6.07) is 26.2. The average molecular weight is 695 g/mol. The van der Waals surface area contributed by atoms with E-state index in [4.69, 9.17) is 14.2 Å². The Bertz CT molecular complexity index is 1920. The Kier molecular flexibility index (Phi) is 9.25. The molecule has 0 bridgehead atoms. The van der Waals surface area contributed by atoms with Crippen molar-refractivity contribution in [2.45, 2.75) is 43.3 Å². The predicted octanol–water partition coefficient (Wildman–Crippen LogP) is 8.61. The molecule has 0 aliphatic carbocycles. The zero-order valence-corrected chi connectivity index (χ0v) is 27.1. The summed E-state index contributed by atoms with van der Waals surface area (Å²) in [5, 5.41) is 6.86. The van der Waals surface area contributed by atoms with E-state index in [1.165, 1.54) is 39.5 Å². The fourth-order valence-electron chi connectivity index (χ4n) is 6.20. The Balaban J connectivity index is 1.55. The summed E-state index contributed by atoms with van der Waals surface area (Å²) in [7, 11) is 3.03. The van der Waals surface area contributed by atoms with Gasteiger partial charge in [-0.15, -0.1) is 0 Å². The van der Waals surface area contributed by atoms with E-state index in [0.29, 0.717) is 32.9 Å². The molecule has 4 aromatic carbocycles. The van der Waals surface area contributed by atoms with Crippen LogP contribution in [0.15, 0.2) is 114 Å². The summed E-state index contributed by atoms with van der Waals surface area (Å²) >= 11 is 0. The molecule has 0 unspecified atom stereocenters. The third-order valence-electron chi connectivity index (χ3n) is 8.78. The van der Waals surface area contributed by atoms with Gasteiger partial charge in [0.1, 0.15) is 22.9 Å². The number of amidine groups is 1. The number of aromatic nitrogens is 2. The van der Waals surface area contributed by atoms with Crippen molar-refractivity contribution in [3.05, 3.63) is 138 Å². The zero-order valence-electron chi connectivity index (χ0n) is 27.1. The number of nitrogens with one attached hydrogen (secondary N) is 1. The molecule has 0 amide bonds. The summed E-state index contributed by atoms with van der Waals surface area (Å²) in [6.45, 7) is -1.53. The number of hydrogen-bond donors (Lipinski definition) is 1. The highest BCUT2D eigenvalue weighted by Gasteiger charge is 2.52. The van der Waals surface area contributed by atoms with E-state index in [0.717, 1.165) is 12.3 Å². The largest absolute Gasteiger partial charge is 0.497 e. The normalized spacial score (nSPS) is 18.0. The van der Waals surface area contributed by atoms with Crippen LogP contribution >= 0.6 is 0 Å².